The van der Waals surface area contributed by atoms with Gasteiger partial charge in [0.05, 0.1) is 6.10 Å². The molecule has 0 spiro atoms. The average Bonchev–Trinajstić information content (AvgIpc) is 2.39. The summed E-state index contributed by atoms with van der Waals surface area (Å²) in [5.41, 5.74) is 3.95. The molecule has 1 N–H and O–H groups in total. The quantitative estimate of drug-likeness (QED) is 0.732. The van der Waals surface area contributed by atoms with Gasteiger partial charge in [0.1, 0.15) is 0 Å². The van der Waals surface area contributed by atoms with Crippen LogP contribution >= 0.6 is 0 Å². The molecule has 0 heterocycles. The van der Waals surface area contributed by atoms with Gasteiger partial charge < -0.3 is 5.11 Å². The van der Waals surface area contributed by atoms with Crippen molar-refractivity contribution in [2.24, 2.45) is 0 Å². The van der Waals surface area contributed by atoms with Gasteiger partial charge in [0.2, 0.25) is 0 Å². The third-order valence-electron chi connectivity index (χ3n) is 3.43. The Morgan fingerprint density at radius 2 is 1.82 bits per heavy atom. The first-order chi connectivity index (χ1) is 8.19. The summed E-state index contributed by atoms with van der Waals surface area (Å²) in [6.07, 6.45) is 3.71. The molecule has 1 rings (SSSR count). The number of allylic oxidation sites excluding steroid dienone is 1. The van der Waals surface area contributed by atoms with Gasteiger partial charge in [-0.15, -0.1) is 0 Å². The molecule has 0 radical (unpaired) electrons. The number of benzene rings is 1. The van der Waals surface area contributed by atoms with Gasteiger partial charge in [0.25, 0.3) is 0 Å². The van der Waals surface area contributed by atoms with Crippen LogP contribution in [0.3, 0.4) is 0 Å². The summed E-state index contributed by atoms with van der Waals surface area (Å²) in [6.45, 7) is 6.27. The molecule has 94 valence electrons. The molecule has 0 bridgehead atoms. The van der Waals surface area contributed by atoms with E-state index in [0.717, 1.165) is 25.7 Å². The highest BCUT2D eigenvalue weighted by Crippen LogP contribution is 2.19. The summed E-state index contributed by atoms with van der Waals surface area (Å²) in [6, 6.07) is 10.5. The highest BCUT2D eigenvalue weighted by molar-refractivity contribution is 5.20. The maximum absolute atomic E-state index is 9.87. The van der Waals surface area contributed by atoms with Crippen LogP contribution in [0.4, 0.5) is 0 Å². The van der Waals surface area contributed by atoms with E-state index in [1.807, 2.05) is 13.0 Å². The summed E-state index contributed by atoms with van der Waals surface area (Å²) in [5, 5.41) is 9.87. The minimum atomic E-state index is -0.263. The van der Waals surface area contributed by atoms with E-state index >= 15 is 0 Å². The molecule has 0 aliphatic heterocycles. The molecular weight excluding hydrogens is 208 g/mol. The molecule has 1 heteroatoms. The minimum Gasteiger partial charge on any atom is -0.389 e. The zero-order valence-corrected chi connectivity index (χ0v) is 11.2. The molecule has 1 nitrogen and oxygen atoms in total. The smallest absolute Gasteiger partial charge is 0.0747 e. The van der Waals surface area contributed by atoms with Gasteiger partial charge in [-0.05, 0) is 43.7 Å². The molecule has 1 aromatic rings. The van der Waals surface area contributed by atoms with Crippen LogP contribution in [-0.2, 0) is 6.42 Å². The van der Waals surface area contributed by atoms with Gasteiger partial charge >= 0.3 is 0 Å². The summed E-state index contributed by atoms with van der Waals surface area (Å²) < 4.78 is 0. The van der Waals surface area contributed by atoms with Crippen molar-refractivity contribution in [3.05, 3.63) is 47.0 Å². The first kappa shape index (κ1) is 14.0. The normalized spacial score (nSPS) is 14.4. The number of hydrogen-bond donors (Lipinski definition) is 1. The largest absolute Gasteiger partial charge is 0.389 e. The van der Waals surface area contributed by atoms with Crippen molar-refractivity contribution < 1.29 is 5.11 Å². The first-order valence-electron chi connectivity index (χ1n) is 6.59. The number of hydrogen-bond acceptors (Lipinski definition) is 1. The second-order valence-corrected chi connectivity index (χ2v) is 4.55. The second-order valence-electron chi connectivity index (χ2n) is 4.55. The van der Waals surface area contributed by atoms with Crippen LogP contribution in [0.5, 0.6) is 0 Å². The van der Waals surface area contributed by atoms with Crippen LogP contribution in [0.2, 0.25) is 0 Å². The molecule has 0 fully saturated rings. The molecule has 0 aliphatic rings. The van der Waals surface area contributed by atoms with E-state index in [0.29, 0.717) is 0 Å². The highest BCUT2D eigenvalue weighted by Gasteiger charge is 2.08. The SMILES string of the molecule is CC/C(CCc1ccccc1)=C(/C)C(O)CC. The molecule has 0 aromatic heterocycles. The van der Waals surface area contributed by atoms with Crippen LogP contribution in [0.25, 0.3) is 0 Å². The topological polar surface area (TPSA) is 20.2 Å². The lowest BCUT2D eigenvalue weighted by molar-refractivity contribution is 0.204. The second kappa shape index (κ2) is 7.29. The Balaban J connectivity index is 2.65. The van der Waals surface area contributed by atoms with Gasteiger partial charge in [-0.25, -0.2) is 0 Å². The number of aliphatic hydroxyl groups excluding tert-OH is 1. The van der Waals surface area contributed by atoms with E-state index in [2.05, 4.69) is 38.1 Å². The first-order valence-corrected chi connectivity index (χ1v) is 6.59. The monoisotopic (exact) mass is 232 g/mol. The van der Waals surface area contributed by atoms with E-state index in [1.54, 1.807) is 0 Å². The predicted molar refractivity (Wildman–Crippen MR) is 74.1 cm³/mol. The Labute approximate surface area is 105 Å². The van der Waals surface area contributed by atoms with Gasteiger partial charge in [0.15, 0.2) is 0 Å². The van der Waals surface area contributed by atoms with Gasteiger partial charge in [-0.1, -0.05) is 49.8 Å². The van der Waals surface area contributed by atoms with Crippen LogP contribution in [0.1, 0.15) is 45.6 Å². The van der Waals surface area contributed by atoms with Gasteiger partial charge in [-0.2, -0.15) is 0 Å². The zero-order valence-electron chi connectivity index (χ0n) is 11.2. The van der Waals surface area contributed by atoms with E-state index in [9.17, 15) is 5.11 Å². The van der Waals surface area contributed by atoms with Gasteiger partial charge in [0, 0.05) is 0 Å². The van der Waals surface area contributed by atoms with E-state index in [1.165, 1.54) is 16.7 Å². The highest BCUT2D eigenvalue weighted by atomic mass is 16.3. The standard InChI is InChI=1S/C16H24O/c1-4-15(13(3)16(17)5-2)12-11-14-9-7-6-8-10-14/h6-10,16-17H,4-5,11-12H2,1-3H3/b15-13+. The molecule has 0 amide bonds. The minimum absolute atomic E-state index is 0.263. The summed E-state index contributed by atoms with van der Waals surface area (Å²) >= 11 is 0. The maximum atomic E-state index is 9.87. The molecule has 17 heavy (non-hydrogen) atoms. The average molecular weight is 232 g/mol. The van der Waals surface area contributed by atoms with Crippen molar-refractivity contribution in [3.63, 3.8) is 0 Å². The van der Waals surface area contributed by atoms with Crippen LogP contribution in [0, 0.1) is 0 Å². The molecule has 1 atom stereocenters. The number of aliphatic hydroxyl groups is 1. The van der Waals surface area contributed by atoms with Crippen molar-refractivity contribution in [1.29, 1.82) is 0 Å². The molecule has 0 aliphatic carbocycles. The Morgan fingerprint density at radius 3 is 2.35 bits per heavy atom. The fourth-order valence-electron chi connectivity index (χ4n) is 2.13. The molecule has 0 saturated carbocycles. The summed E-state index contributed by atoms with van der Waals surface area (Å²) in [5.74, 6) is 0. The van der Waals surface area contributed by atoms with Crippen molar-refractivity contribution in [3.8, 4) is 0 Å². The summed E-state index contributed by atoms with van der Waals surface area (Å²) in [7, 11) is 0. The Morgan fingerprint density at radius 1 is 1.18 bits per heavy atom. The van der Waals surface area contributed by atoms with Crippen LogP contribution < -0.4 is 0 Å². The lowest BCUT2D eigenvalue weighted by Gasteiger charge is -2.15. The Bertz CT molecular complexity index is 351. The van der Waals surface area contributed by atoms with Gasteiger partial charge in [-0.3, -0.25) is 0 Å². The molecule has 0 saturated heterocycles. The van der Waals surface area contributed by atoms with Crippen molar-refractivity contribution in [1.82, 2.24) is 0 Å². The van der Waals surface area contributed by atoms with Crippen LogP contribution in [-0.4, -0.2) is 11.2 Å². The molecular formula is C16H24O. The van der Waals surface area contributed by atoms with Crippen LogP contribution in [0.15, 0.2) is 41.5 Å². The zero-order chi connectivity index (χ0) is 12.7. The third-order valence-corrected chi connectivity index (χ3v) is 3.43. The Kier molecular flexibility index (Phi) is 5.99. The predicted octanol–water partition coefficient (Wildman–Crippen LogP) is 4.12. The van der Waals surface area contributed by atoms with Crippen molar-refractivity contribution >= 4 is 0 Å². The number of rotatable bonds is 6. The van der Waals surface area contributed by atoms with E-state index in [-0.39, 0.29) is 6.10 Å². The lowest BCUT2D eigenvalue weighted by atomic mass is 9.95. The third kappa shape index (κ3) is 4.35. The van der Waals surface area contributed by atoms with E-state index < -0.39 is 0 Å². The Hall–Kier alpha value is -1.08. The lowest BCUT2D eigenvalue weighted by Crippen LogP contribution is -2.09. The fourth-order valence-corrected chi connectivity index (χ4v) is 2.13. The van der Waals surface area contributed by atoms with E-state index in [4.69, 9.17) is 0 Å². The van der Waals surface area contributed by atoms with Crippen molar-refractivity contribution in [2.75, 3.05) is 0 Å². The summed E-state index contributed by atoms with van der Waals surface area (Å²) in [4.78, 5) is 0. The molecule has 1 aromatic carbocycles. The van der Waals surface area contributed by atoms with Crippen molar-refractivity contribution in [2.45, 2.75) is 52.6 Å². The molecule has 1 unspecified atom stereocenters. The fraction of sp³-hybridized carbons (Fsp3) is 0.500. The maximum Gasteiger partial charge on any atom is 0.0747 e. The number of aryl methyl sites for hydroxylation is 1.